The smallest absolute Gasteiger partial charge is 0.306 e. The molecule has 2 aliphatic rings. The van der Waals surface area contributed by atoms with Crippen LogP contribution in [0.1, 0.15) is 39.0 Å². The van der Waals surface area contributed by atoms with Gasteiger partial charge in [0, 0.05) is 25.0 Å². The van der Waals surface area contributed by atoms with Crippen LogP contribution >= 0.6 is 0 Å². The highest BCUT2D eigenvalue weighted by atomic mass is 16.5. The monoisotopic (exact) mass is 265 g/mol. The molecule has 0 spiro atoms. The molecule has 2 fully saturated rings. The predicted molar refractivity (Wildman–Crippen MR) is 67.9 cm³/mol. The number of ketones is 2. The molecule has 0 aromatic rings. The van der Waals surface area contributed by atoms with Crippen LogP contribution in [-0.2, 0) is 19.1 Å². The Labute approximate surface area is 112 Å². The summed E-state index contributed by atoms with van der Waals surface area (Å²) in [4.78, 5) is 35.4. The maximum atomic E-state index is 12.1. The summed E-state index contributed by atoms with van der Waals surface area (Å²) in [5, 5.41) is 7.72. The summed E-state index contributed by atoms with van der Waals surface area (Å²) >= 11 is 0. The fraction of sp³-hybridized carbons (Fsp3) is 0.714. The van der Waals surface area contributed by atoms with E-state index in [-0.39, 0.29) is 35.1 Å². The lowest BCUT2D eigenvalue weighted by Crippen LogP contribution is -2.41. The van der Waals surface area contributed by atoms with Crippen molar-refractivity contribution in [3.05, 3.63) is 0 Å². The minimum absolute atomic E-state index is 0.0474. The largest absolute Gasteiger partial charge is 0.466 e. The molecule has 0 aromatic heterocycles. The zero-order valence-corrected chi connectivity index (χ0v) is 11.1. The van der Waals surface area contributed by atoms with E-state index in [4.69, 9.17) is 10.1 Å². The van der Waals surface area contributed by atoms with Crippen molar-refractivity contribution in [3.8, 4) is 0 Å². The van der Waals surface area contributed by atoms with E-state index < -0.39 is 5.92 Å². The molecule has 1 aliphatic heterocycles. The third kappa shape index (κ3) is 2.91. The molecule has 5 nitrogen and oxygen atoms in total. The van der Waals surface area contributed by atoms with Gasteiger partial charge in [-0.2, -0.15) is 0 Å². The van der Waals surface area contributed by atoms with Crippen molar-refractivity contribution in [2.75, 3.05) is 6.61 Å². The van der Waals surface area contributed by atoms with E-state index in [1.807, 2.05) is 0 Å². The van der Waals surface area contributed by atoms with Gasteiger partial charge in [-0.25, -0.2) is 0 Å². The Hall–Kier alpha value is -1.52. The highest BCUT2D eigenvalue weighted by molar-refractivity contribution is 6.21. The van der Waals surface area contributed by atoms with Crippen LogP contribution in [0.5, 0.6) is 0 Å². The van der Waals surface area contributed by atoms with Crippen LogP contribution in [-0.4, -0.2) is 29.9 Å². The number of nitrogens with one attached hydrogen (secondary N) is 1. The van der Waals surface area contributed by atoms with Gasteiger partial charge >= 0.3 is 5.97 Å². The Balaban J connectivity index is 2.05. The van der Waals surface area contributed by atoms with Crippen molar-refractivity contribution < 1.29 is 19.1 Å². The standard InChI is InChI=1S/C14H19NO4/c1-2-10(15)14-11(16)5-9(6-12(14)17)8-3-4-19-13(18)7-8/h8-9,14-15H,2-7H2,1H3. The first-order chi connectivity index (χ1) is 9.02. The van der Waals surface area contributed by atoms with Gasteiger partial charge in [-0.05, 0) is 24.7 Å². The minimum Gasteiger partial charge on any atom is -0.466 e. The minimum atomic E-state index is -0.822. The van der Waals surface area contributed by atoms with Crippen molar-refractivity contribution in [2.45, 2.75) is 39.0 Å². The second kappa shape index (κ2) is 5.63. The molecule has 0 radical (unpaired) electrons. The van der Waals surface area contributed by atoms with Gasteiger partial charge in [0.15, 0.2) is 0 Å². The van der Waals surface area contributed by atoms with Crippen LogP contribution in [0.15, 0.2) is 0 Å². The van der Waals surface area contributed by atoms with Crippen LogP contribution in [0, 0.1) is 23.2 Å². The van der Waals surface area contributed by atoms with Gasteiger partial charge in [0.05, 0.1) is 6.61 Å². The van der Waals surface area contributed by atoms with E-state index in [1.54, 1.807) is 6.92 Å². The van der Waals surface area contributed by atoms with Crippen molar-refractivity contribution in [1.82, 2.24) is 0 Å². The van der Waals surface area contributed by atoms with Crippen molar-refractivity contribution in [1.29, 1.82) is 5.41 Å². The summed E-state index contributed by atoms with van der Waals surface area (Å²) in [7, 11) is 0. The van der Waals surface area contributed by atoms with E-state index in [2.05, 4.69) is 0 Å². The zero-order chi connectivity index (χ0) is 14.0. The zero-order valence-electron chi connectivity index (χ0n) is 11.1. The normalized spacial score (nSPS) is 32.1. The molecule has 1 aliphatic carbocycles. The molecular formula is C14H19NO4. The molecule has 1 N–H and O–H groups in total. The van der Waals surface area contributed by atoms with Gasteiger partial charge in [0.25, 0.3) is 0 Å². The number of esters is 1. The Morgan fingerprint density at radius 2 is 1.79 bits per heavy atom. The van der Waals surface area contributed by atoms with Crippen LogP contribution in [0.2, 0.25) is 0 Å². The average molecular weight is 265 g/mol. The fourth-order valence-corrected chi connectivity index (χ4v) is 3.03. The number of carbonyl (C=O) groups excluding carboxylic acids is 3. The summed E-state index contributed by atoms with van der Waals surface area (Å²) in [5.74, 6) is -1.32. The number of carbonyl (C=O) groups is 3. The topological polar surface area (TPSA) is 84.3 Å². The maximum Gasteiger partial charge on any atom is 0.306 e. The number of rotatable bonds is 3. The first kappa shape index (κ1) is 13.9. The molecule has 0 bridgehead atoms. The Kier molecular flexibility index (Phi) is 4.12. The number of hydrogen-bond donors (Lipinski definition) is 1. The van der Waals surface area contributed by atoms with E-state index in [0.717, 1.165) is 6.42 Å². The van der Waals surface area contributed by atoms with E-state index in [0.29, 0.717) is 32.3 Å². The predicted octanol–water partition coefficient (Wildman–Crippen LogP) is 1.53. The van der Waals surface area contributed by atoms with Crippen molar-refractivity contribution >= 4 is 23.2 Å². The lowest BCUT2D eigenvalue weighted by molar-refractivity contribution is -0.152. The number of Topliss-reactive ketones (excluding diaryl/α,β-unsaturated/α-hetero) is 2. The molecule has 1 unspecified atom stereocenters. The summed E-state index contributed by atoms with van der Waals surface area (Å²) in [6.07, 6.45) is 2.10. The quantitative estimate of drug-likeness (QED) is 0.476. The lowest BCUT2D eigenvalue weighted by atomic mass is 9.70. The van der Waals surface area contributed by atoms with Gasteiger partial charge in [-0.1, -0.05) is 6.92 Å². The van der Waals surface area contributed by atoms with Gasteiger partial charge < -0.3 is 10.1 Å². The average Bonchev–Trinajstić information content (AvgIpc) is 2.37. The number of cyclic esters (lactones) is 1. The Morgan fingerprint density at radius 3 is 2.32 bits per heavy atom. The molecule has 1 saturated carbocycles. The second-order valence-electron chi connectivity index (χ2n) is 5.39. The Bertz CT molecular complexity index is 411. The van der Waals surface area contributed by atoms with E-state index in [9.17, 15) is 14.4 Å². The first-order valence-electron chi connectivity index (χ1n) is 6.81. The second-order valence-corrected chi connectivity index (χ2v) is 5.39. The number of hydrogen-bond acceptors (Lipinski definition) is 5. The van der Waals surface area contributed by atoms with E-state index >= 15 is 0 Å². The van der Waals surface area contributed by atoms with Crippen LogP contribution in [0.25, 0.3) is 0 Å². The Morgan fingerprint density at radius 1 is 1.16 bits per heavy atom. The maximum absolute atomic E-state index is 12.1. The highest BCUT2D eigenvalue weighted by Crippen LogP contribution is 2.35. The summed E-state index contributed by atoms with van der Waals surface area (Å²) in [6, 6.07) is 0. The molecule has 0 amide bonds. The first-order valence-corrected chi connectivity index (χ1v) is 6.81. The third-order valence-corrected chi connectivity index (χ3v) is 4.15. The SMILES string of the molecule is CCC(=N)C1C(=O)CC(C2CCOC(=O)C2)CC1=O. The summed E-state index contributed by atoms with van der Waals surface area (Å²) < 4.78 is 4.89. The van der Waals surface area contributed by atoms with Crippen molar-refractivity contribution in [2.24, 2.45) is 17.8 Å². The van der Waals surface area contributed by atoms with Crippen LogP contribution in [0.3, 0.4) is 0 Å². The molecule has 19 heavy (non-hydrogen) atoms. The lowest BCUT2D eigenvalue weighted by Gasteiger charge is -2.33. The number of ether oxygens (including phenoxy) is 1. The molecular weight excluding hydrogens is 246 g/mol. The van der Waals surface area contributed by atoms with Gasteiger partial charge in [-0.15, -0.1) is 0 Å². The molecule has 2 rings (SSSR count). The highest BCUT2D eigenvalue weighted by Gasteiger charge is 2.41. The van der Waals surface area contributed by atoms with Gasteiger partial charge in [0.2, 0.25) is 0 Å². The van der Waals surface area contributed by atoms with E-state index in [1.165, 1.54) is 0 Å². The van der Waals surface area contributed by atoms with Crippen LogP contribution < -0.4 is 0 Å². The third-order valence-electron chi connectivity index (χ3n) is 4.15. The van der Waals surface area contributed by atoms with Crippen LogP contribution in [0.4, 0.5) is 0 Å². The fourth-order valence-electron chi connectivity index (χ4n) is 3.03. The summed E-state index contributed by atoms with van der Waals surface area (Å²) in [5.41, 5.74) is 0.219. The molecule has 1 heterocycles. The molecule has 5 heteroatoms. The summed E-state index contributed by atoms with van der Waals surface area (Å²) in [6.45, 7) is 2.17. The molecule has 1 atom stereocenters. The molecule has 0 aromatic carbocycles. The van der Waals surface area contributed by atoms with Crippen molar-refractivity contribution in [3.63, 3.8) is 0 Å². The van der Waals surface area contributed by atoms with Gasteiger partial charge in [-0.3, -0.25) is 14.4 Å². The molecule has 1 saturated heterocycles. The molecule has 104 valence electrons. The van der Waals surface area contributed by atoms with Gasteiger partial charge in [0.1, 0.15) is 17.5 Å².